The maximum atomic E-state index is 12.5. The summed E-state index contributed by atoms with van der Waals surface area (Å²) in [5.41, 5.74) is 2.03. The number of anilines is 1. The number of hydrogen-bond acceptors (Lipinski definition) is 2. The molecule has 1 N–H and O–H groups in total. The molecule has 0 bridgehead atoms. The van der Waals surface area contributed by atoms with Crippen molar-refractivity contribution in [1.29, 1.82) is 0 Å². The van der Waals surface area contributed by atoms with Gasteiger partial charge in [-0.25, -0.2) is 9.59 Å². The van der Waals surface area contributed by atoms with E-state index in [0.29, 0.717) is 19.5 Å². The van der Waals surface area contributed by atoms with Gasteiger partial charge in [-0.3, -0.25) is 4.90 Å². The van der Waals surface area contributed by atoms with Crippen LogP contribution >= 0.6 is 0 Å². The van der Waals surface area contributed by atoms with Gasteiger partial charge in [-0.2, -0.15) is 0 Å². The summed E-state index contributed by atoms with van der Waals surface area (Å²) in [4.78, 5) is 27.1. The molecule has 2 rings (SSSR count). The molecule has 1 aromatic carbocycles. The van der Waals surface area contributed by atoms with Gasteiger partial charge in [-0.1, -0.05) is 0 Å². The van der Waals surface area contributed by atoms with E-state index in [9.17, 15) is 9.59 Å². The lowest BCUT2D eigenvalue weighted by Gasteiger charge is -2.30. The molecule has 0 radical (unpaired) electrons. The van der Waals surface area contributed by atoms with Gasteiger partial charge in [0.1, 0.15) is 0 Å². The topological polar surface area (TPSA) is 60.9 Å². The minimum absolute atomic E-state index is 0.00988. The van der Waals surface area contributed by atoms with Gasteiger partial charge in [0.2, 0.25) is 0 Å². The zero-order chi connectivity index (χ0) is 14.9. The summed E-state index contributed by atoms with van der Waals surface area (Å²) >= 11 is 0. The highest BCUT2D eigenvalue weighted by atomic mass is 16.4. The van der Waals surface area contributed by atoms with Gasteiger partial charge in [0.25, 0.3) is 0 Å². The number of amides is 2. The van der Waals surface area contributed by atoms with Crippen molar-refractivity contribution in [1.82, 2.24) is 4.90 Å². The Hall–Kier alpha value is -2.04. The van der Waals surface area contributed by atoms with E-state index in [1.165, 1.54) is 0 Å². The highest BCUT2D eigenvalue weighted by molar-refractivity contribution is 5.96. The first kappa shape index (κ1) is 14.4. The van der Waals surface area contributed by atoms with Crippen LogP contribution in [-0.4, -0.2) is 41.1 Å². The van der Waals surface area contributed by atoms with Crippen LogP contribution in [0.3, 0.4) is 0 Å². The second kappa shape index (κ2) is 5.53. The number of hydrogen-bond donors (Lipinski definition) is 1. The van der Waals surface area contributed by atoms with E-state index in [1.54, 1.807) is 28.0 Å². The molecule has 2 amide bonds. The largest absolute Gasteiger partial charge is 0.478 e. The monoisotopic (exact) mass is 276 g/mol. The number of carboxylic acid groups (broad SMARTS) is 1. The SMILES string of the molecule is CCN(C(=O)N1CCc2cc(C(=O)O)ccc21)C(C)C. The van der Waals surface area contributed by atoms with Crippen LogP contribution in [0.25, 0.3) is 0 Å². The Bertz CT molecular complexity index is 540. The summed E-state index contributed by atoms with van der Waals surface area (Å²) in [5.74, 6) is -0.935. The third-order valence-corrected chi connectivity index (χ3v) is 3.66. The maximum absolute atomic E-state index is 12.5. The molecule has 108 valence electrons. The minimum atomic E-state index is -0.935. The zero-order valence-electron chi connectivity index (χ0n) is 12.1. The number of benzene rings is 1. The van der Waals surface area contributed by atoms with Crippen LogP contribution in [0.15, 0.2) is 18.2 Å². The molecule has 0 atom stereocenters. The molecular formula is C15H20N2O3. The average molecular weight is 276 g/mol. The average Bonchev–Trinajstić information content (AvgIpc) is 2.81. The molecule has 1 aliphatic heterocycles. The lowest BCUT2D eigenvalue weighted by atomic mass is 10.1. The van der Waals surface area contributed by atoms with Crippen LogP contribution in [0.5, 0.6) is 0 Å². The fourth-order valence-electron chi connectivity index (χ4n) is 2.61. The number of carbonyl (C=O) groups is 2. The summed E-state index contributed by atoms with van der Waals surface area (Å²) in [5, 5.41) is 9.00. The Morgan fingerprint density at radius 3 is 2.65 bits per heavy atom. The van der Waals surface area contributed by atoms with Crippen molar-refractivity contribution in [2.45, 2.75) is 33.2 Å². The van der Waals surface area contributed by atoms with E-state index in [-0.39, 0.29) is 17.6 Å². The van der Waals surface area contributed by atoms with Crippen molar-refractivity contribution in [3.63, 3.8) is 0 Å². The van der Waals surface area contributed by atoms with Crippen LogP contribution in [0, 0.1) is 0 Å². The lowest BCUT2D eigenvalue weighted by molar-refractivity contribution is 0.0697. The van der Waals surface area contributed by atoms with Gasteiger partial charge in [-0.05, 0) is 51.0 Å². The van der Waals surface area contributed by atoms with Gasteiger partial charge in [0.05, 0.1) is 5.56 Å². The molecule has 5 heteroatoms. The quantitative estimate of drug-likeness (QED) is 0.923. The summed E-state index contributed by atoms with van der Waals surface area (Å²) in [7, 11) is 0. The van der Waals surface area contributed by atoms with Crippen molar-refractivity contribution >= 4 is 17.7 Å². The fraction of sp³-hybridized carbons (Fsp3) is 0.467. The number of aromatic carboxylic acids is 1. The maximum Gasteiger partial charge on any atom is 0.335 e. The van der Waals surface area contributed by atoms with Crippen molar-refractivity contribution < 1.29 is 14.7 Å². The Labute approximate surface area is 118 Å². The molecule has 5 nitrogen and oxygen atoms in total. The Balaban J connectivity index is 2.28. The molecule has 0 aromatic heterocycles. The fourth-order valence-corrected chi connectivity index (χ4v) is 2.61. The smallest absolute Gasteiger partial charge is 0.335 e. The van der Waals surface area contributed by atoms with E-state index in [2.05, 4.69) is 0 Å². The van der Waals surface area contributed by atoms with Gasteiger partial charge < -0.3 is 10.0 Å². The molecule has 0 fully saturated rings. The molecule has 0 aliphatic carbocycles. The molecule has 1 heterocycles. The second-order valence-corrected chi connectivity index (χ2v) is 5.21. The van der Waals surface area contributed by atoms with Crippen molar-refractivity contribution in [2.75, 3.05) is 18.0 Å². The summed E-state index contributed by atoms with van der Waals surface area (Å²) in [6.45, 7) is 7.22. The summed E-state index contributed by atoms with van der Waals surface area (Å²) in [6, 6.07) is 5.09. The summed E-state index contributed by atoms with van der Waals surface area (Å²) in [6.07, 6.45) is 0.706. The number of fused-ring (bicyclic) bond motifs is 1. The van der Waals surface area contributed by atoms with E-state index in [4.69, 9.17) is 5.11 Å². The first-order valence-electron chi connectivity index (χ1n) is 6.90. The van der Waals surface area contributed by atoms with Gasteiger partial charge in [0, 0.05) is 24.8 Å². The standard InChI is InChI=1S/C15H20N2O3/c1-4-16(10(2)3)15(20)17-8-7-11-9-12(14(18)19)5-6-13(11)17/h5-6,9-10H,4,7-8H2,1-3H3,(H,18,19). The second-order valence-electron chi connectivity index (χ2n) is 5.21. The van der Waals surface area contributed by atoms with Crippen LogP contribution in [0.1, 0.15) is 36.7 Å². The molecule has 0 spiro atoms. The number of urea groups is 1. The van der Waals surface area contributed by atoms with Crippen molar-refractivity contribution in [2.24, 2.45) is 0 Å². The molecule has 0 saturated heterocycles. The number of carboxylic acids is 1. The highest BCUT2D eigenvalue weighted by Gasteiger charge is 2.29. The molecule has 20 heavy (non-hydrogen) atoms. The van der Waals surface area contributed by atoms with Crippen LogP contribution < -0.4 is 4.90 Å². The predicted octanol–water partition coefficient (Wildman–Crippen LogP) is 2.60. The Kier molecular flexibility index (Phi) is 3.97. The van der Waals surface area contributed by atoms with Crippen molar-refractivity contribution in [3.05, 3.63) is 29.3 Å². The normalized spacial score (nSPS) is 13.5. The lowest BCUT2D eigenvalue weighted by Crippen LogP contribution is -2.45. The zero-order valence-corrected chi connectivity index (χ0v) is 12.1. The van der Waals surface area contributed by atoms with Gasteiger partial charge in [0.15, 0.2) is 0 Å². The predicted molar refractivity (Wildman–Crippen MR) is 77.4 cm³/mol. The van der Waals surface area contributed by atoms with E-state index < -0.39 is 5.97 Å². The van der Waals surface area contributed by atoms with Gasteiger partial charge in [-0.15, -0.1) is 0 Å². The third-order valence-electron chi connectivity index (χ3n) is 3.66. The number of rotatable bonds is 3. The number of nitrogens with zero attached hydrogens (tertiary/aromatic N) is 2. The van der Waals surface area contributed by atoms with Crippen LogP contribution in [0.2, 0.25) is 0 Å². The summed E-state index contributed by atoms with van der Waals surface area (Å²) < 4.78 is 0. The van der Waals surface area contributed by atoms with E-state index >= 15 is 0 Å². The molecule has 0 saturated carbocycles. The van der Waals surface area contributed by atoms with E-state index in [1.807, 2.05) is 20.8 Å². The Morgan fingerprint density at radius 2 is 2.10 bits per heavy atom. The first-order valence-corrected chi connectivity index (χ1v) is 6.90. The highest BCUT2D eigenvalue weighted by Crippen LogP contribution is 2.30. The molecule has 1 aliphatic rings. The molecular weight excluding hydrogens is 256 g/mol. The first-order chi connectivity index (χ1) is 9.45. The van der Waals surface area contributed by atoms with Gasteiger partial charge >= 0.3 is 12.0 Å². The Morgan fingerprint density at radius 1 is 1.40 bits per heavy atom. The van der Waals surface area contributed by atoms with Crippen LogP contribution in [-0.2, 0) is 6.42 Å². The number of carbonyl (C=O) groups excluding carboxylic acids is 1. The molecule has 1 aromatic rings. The third kappa shape index (κ3) is 2.48. The van der Waals surface area contributed by atoms with Crippen molar-refractivity contribution in [3.8, 4) is 0 Å². The molecule has 0 unspecified atom stereocenters. The van der Waals surface area contributed by atoms with Crippen LogP contribution in [0.4, 0.5) is 10.5 Å². The minimum Gasteiger partial charge on any atom is -0.478 e. The van der Waals surface area contributed by atoms with E-state index in [0.717, 1.165) is 11.3 Å².